The van der Waals surface area contributed by atoms with Gasteiger partial charge in [0.1, 0.15) is 0 Å². The van der Waals surface area contributed by atoms with Gasteiger partial charge in [-0.05, 0) is 44.4 Å². The van der Waals surface area contributed by atoms with Crippen molar-refractivity contribution in [1.29, 1.82) is 0 Å². The first kappa shape index (κ1) is 15.5. The molecule has 1 amide bonds. The van der Waals surface area contributed by atoms with Crippen molar-refractivity contribution in [3.63, 3.8) is 0 Å². The number of rotatable bonds is 4. The summed E-state index contributed by atoms with van der Waals surface area (Å²) in [5.41, 5.74) is 2.87. The van der Waals surface area contributed by atoms with E-state index in [9.17, 15) is 4.79 Å². The van der Waals surface area contributed by atoms with Crippen LogP contribution in [0.3, 0.4) is 0 Å². The third-order valence-corrected chi connectivity index (χ3v) is 5.11. The van der Waals surface area contributed by atoms with Gasteiger partial charge in [-0.25, -0.2) is 0 Å². The molecule has 0 saturated carbocycles. The number of hydrogen-bond donors (Lipinski definition) is 2. The smallest absolute Gasteiger partial charge is 0.224 e. The van der Waals surface area contributed by atoms with Crippen LogP contribution < -0.4 is 10.6 Å². The van der Waals surface area contributed by atoms with Gasteiger partial charge in [0.2, 0.25) is 5.91 Å². The Hall–Kier alpha value is -1.39. The molecule has 0 bridgehead atoms. The molecule has 0 radical (unpaired) electrons. The molecule has 1 aromatic rings. The van der Waals surface area contributed by atoms with Crippen molar-refractivity contribution < 1.29 is 4.79 Å². The largest absolute Gasteiger partial charge is 0.354 e. The maximum atomic E-state index is 12.2. The fourth-order valence-corrected chi connectivity index (χ4v) is 3.45. The van der Waals surface area contributed by atoms with Gasteiger partial charge >= 0.3 is 0 Å². The van der Waals surface area contributed by atoms with Crippen LogP contribution in [-0.4, -0.2) is 42.5 Å². The highest BCUT2D eigenvalue weighted by molar-refractivity contribution is 5.79. The molecule has 0 aromatic heterocycles. The van der Waals surface area contributed by atoms with Crippen molar-refractivity contribution in [3.8, 4) is 0 Å². The number of carbonyl (C=O) groups is 1. The molecular formula is C18H27N3O. The Bertz CT molecular complexity index is 535. The number of hydrogen-bond acceptors (Lipinski definition) is 3. The molecule has 2 heterocycles. The van der Waals surface area contributed by atoms with Crippen molar-refractivity contribution in [1.82, 2.24) is 15.5 Å². The Balaban J connectivity index is 1.57. The van der Waals surface area contributed by atoms with E-state index < -0.39 is 0 Å². The van der Waals surface area contributed by atoms with Crippen LogP contribution in [-0.2, 0) is 17.8 Å². The van der Waals surface area contributed by atoms with Gasteiger partial charge in [0.25, 0.3) is 0 Å². The second-order valence-corrected chi connectivity index (χ2v) is 7.16. The number of amides is 1. The lowest BCUT2D eigenvalue weighted by atomic mass is 9.94. The summed E-state index contributed by atoms with van der Waals surface area (Å²) >= 11 is 0. The summed E-state index contributed by atoms with van der Waals surface area (Å²) < 4.78 is 0. The zero-order valence-electron chi connectivity index (χ0n) is 13.7. The topological polar surface area (TPSA) is 44.4 Å². The maximum absolute atomic E-state index is 12.2. The van der Waals surface area contributed by atoms with Crippen molar-refractivity contribution in [2.75, 3.05) is 26.2 Å². The number of carbonyl (C=O) groups excluding carboxylic acids is 1. The molecule has 3 rings (SSSR count). The number of benzene rings is 1. The van der Waals surface area contributed by atoms with Crippen LogP contribution in [0.15, 0.2) is 24.3 Å². The lowest BCUT2D eigenvalue weighted by molar-refractivity contribution is -0.125. The molecule has 1 atom stereocenters. The highest BCUT2D eigenvalue weighted by Crippen LogP contribution is 2.25. The summed E-state index contributed by atoms with van der Waals surface area (Å²) in [5, 5.41) is 6.42. The zero-order valence-corrected chi connectivity index (χ0v) is 13.7. The molecule has 1 fully saturated rings. The van der Waals surface area contributed by atoms with E-state index in [0.29, 0.717) is 6.54 Å². The first-order chi connectivity index (χ1) is 10.6. The highest BCUT2D eigenvalue weighted by atomic mass is 16.1. The van der Waals surface area contributed by atoms with E-state index >= 15 is 0 Å². The van der Waals surface area contributed by atoms with E-state index in [1.807, 2.05) is 0 Å². The average molecular weight is 301 g/mol. The Morgan fingerprint density at radius 1 is 1.36 bits per heavy atom. The Labute approximate surface area is 133 Å². The van der Waals surface area contributed by atoms with Crippen LogP contribution >= 0.6 is 0 Å². The monoisotopic (exact) mass is 301 g/mol. The maximum Gasteiger partial charge on any atom is 0.224 e. The Morgan fingerprint density at radius 2 is 2.14 bits per heavy atom. The molecule has 22 heavy (non-hydrogen) atoms. The quantitative estimate of drug-likeness (QED) is 0.887. The molecular weight excluding hydrogens is 274 g/mol. The fraction of sp³-hybridized carbons (Fsp3) is 0.611. The molecule has 1 aromatic carbocycles. The van der Waals surface area contributed by atoms with Crippen molar-refractivity contribution >= 4 is 5.91 Å². The molecule has 2 aliphatic rings. The minimum Gasteiger partial charge on any atom is -0.354 e. The van der Waals surface area contributed by atoms with Gasteiger partial charge in [-0.3, -0.25) is 9.69 Å². The van der Waals surface area contributed by atoms with Crippen LogP contribution in [0, 0.1) is 5.92 Å². The predicted molar refractivity (Wildman–Crippen MR) is 88.6 cm³/mol. The first-order valence-electron chi connectivity index (χ1n) is 8.36. The summed E-state index contributed by atoms with van der Waals surface area (Å²) in [5.74, 6) is 0.355. The zero-order chi connectivity index (χ0) is 15.6. The standard InChI is InChI=1S/C18H27N3O/c1-18(2,13-20-17(22)15-7-9-19-11-15)21-10-8-14-5-3-4-6-16(14)12-21/h3-6,15,19H,7-13H2,1-2H3,(H,20,22). The SMILES string of the molecule is CC(C)(CNC(=O)C1CCNC1)N1CCc2ccccc2C1. The summed E-state index contributed by atoms with van der Waals surface area (Å²) in [7, 11) is 0. The van der Waals surface area contributed by atoms with E-state index in [1.54, 1.807) is 0 Å². The fourth-order valence-electron chi connectivity index (χ4n) is 3.45. The van der Waals surface area contributed by atoms with E-state index in [1.165, 1.54) is 11.1 Å². The van der Waals surface area contributed by atoms with Crippen LogP contribution in [0.1, 0.15) is 31.4 Å². The lowest BCUT2D eigenvalue weighted by Gasteiger charge is -2.41. The molecule has 120 valence electrons. The predicted octanol–water partition coefficient (Wildman–Crippen LogP) is 1.55. The molecule has 4 heteroatoms. The Kier molecular flexibility index (Phi) is 4.50. The summed E-state index contributed by atoms with van der Waals surface area (Å²) in [6.07, 6.45) is 2.06. The number of fused-ring (bicyclic) bond motifs is 1. The minimum atomic E-state index is -0.0186. The average Bonchev–Trinajstić information content (AvgIpc) is 3.07. The molecule has 4 nitrogen and oxygen atoms in total. The van der Waals surface area contributed by atoms with Crippen LogP contribution in [0.25, 0.3) is 0 Å². The lowest BCUT2D eigenvalue weighted by Crippen LogP contribution is -2.53. The van der Waals surface area contributed by atoms with E-state index in [4.69, 9.17) is 0 Å². The molecule has 1 saturated heterocycles. The van der Waals surface area contributed by atoms with Crippen LogP contribution in [0.5, 0.6) is 0 Å². The van der Waals surface area contributed by atoms with Gasteiger partial charge in [0.15, 0.2) is 0 Å². The summed E-state index contributed by atoms with van der Waals surface area (Å²) in [6, 6.07) is 8.69. The Morgan fingerprint density at radius 3 is 2.86 bits per heavy atom. The molecule has 0 aliphatic carbocycles. The van der Waals surface area contributed by atoms with Crippen molar-refractivity contribution in [2.24, 2.45) is 5.92 Å². The van der Waals surface area contributed by atoms with Crippen LogP contribution in [0.2, 0.25) is 0 Å². The second kappa shape index (κ2) is 6.39. The van der Waals surface area contributed by atoms with Gasteiger partial charge in [-0.2, -0.15) is 0 Å². The van der Waals surface area contributed by atoms with Gasteiger partial charge in [0.05, 0.1) is 5.92 Å². The van der Waals surface area contributed by atoms with E-state index in [0.717, 1.165) is 39.0 Å². The van der Waals surface area contributed by atoms with Gasteiger partial charge in [-0.1, -0.05) is 24.3 Å². The normalized spacial score (nSPS) is 22.4. The molecule has 0 spiro atoms. The molecule has 1 unspecified atom stereocenters. The number of nitrogens with one attached hydrogen (secondary N) is 2. The third kappa shape index (κ3) is 3.33. The van der Waals surface area contributed by atoms with Crippen molar-refractivity contribution in [2.45, 2.75) is 38.8 Å². The highest BCUT2D eigenvalue weighted by Gasteiger charge is 2.31. The number of nitrogens with zero attached hydrogens (tertiary/aromatic N) is 1. The van der Waals surface area contributed by atoms with Gasteiger partial charge < -0.3 is 10.6 Å². The summed E-state index contributed by atoms with van der Waals surface area (Å²) in [6.45, 7) is 9.00. The van der Waals surface area contributed by atoms with Gasteiger partial charge in [-0.15, -0.1) is 0 Å². The van der Waals surface area contributed by atoms with Crippen LogP contribution in [0.4, 0.5) is 0 Å². The molecule has 2 aliphatic heterocycles. The third-order valence-electron chi connectivity index (χ3n) is 5.11. The second-order valence-electron chi connectivity index (χ2n) is 7.16. The molecule has 2 N–H and O–H groups in total. The summed E-state index contributed by atoms with van der Waals surface area (Å²) in [4.78, 5) is 14.7. The van der Waals surface area contributed by atoms with E-state index in [2.05, 4.69) is 53.6 Å². The van der Waals surface area contributed by atoms with Crippen molar-refractivity contribution in [3.05, 3.63) is 35.4 Å². The van der Waals surface area contributed by atoms with Gasteiger partial charge in [0, 0.05) is 31.7 Å². The van der Waals surface area contributed by atoms with E-state index in [-0.39, 0.29) is 17.4 Å². The first-order valence-corrected chi connectivity index (χ1v) is 8.36. The minimum absolute atomic E-state index is 0.0186.